The Labute approximate surface area is 228 Å². The quantitative estimate of drug-likeness (QED) is 0.326. The van der Waals surface area contributed by atoms with E-state index in [1.54, 1.807) is 18.2 Å². The number of carbonyl (C=O) groups excluding carboxylic acids is 1. The van der Waals surface area contributed by atoms with Gasteiger partial charge in [-0.2, -0.15) is 0 Å². The number of pyridine rings is 1. The van der Waals surface area contributed by atoms with Crippen LogP contribution in [0.25, 0.3) is 11.1 Å². The van der Waals surface area contributed by atoms with E-state index in [0.717, 1.165) is 49.2 Å². The maximum atomic E-state index is 13.0. The Morgan fingerprint density at radius 2 is 1.77 bits per heavy atom. The smallest absolute Gasteiger partial charge is 0.335 e. The van der Waals surface area contributed by atoms with Crippen molar-refractivity contribution in [2.45, 2.75) is 38.4 Å². The van der Waals surface area contributed by atoms with Gasteiger partial charge in [-0.1, -0.05) is 54.6 Å². The number of carbonyl (C=O) groups is 2. The number of nitrogens with zero attached hydrogens (tertiary/aromatic N) is 2. The number of benzene rings is 3. The first-order chi connectivity index (χ1) is 19.1. The molecule has 1 aliphatic carbocycles. The summed E-state index contributed by atoms with van der Waals surface area (Å²) in [6, 6.07) is 25.7. The highest BCUT2D eigenvalue weighted by atomic mass is 16.4. The Morgan fingerprint density at radius 1 is 0.949 bits per heavy atom. The van der Waals surface area contributed by atoms with Crippen LogP contribution >= 0.6 is 0 Å². The van der Waals surface area contributed by atoms with Crippen LogP contribution in [0.5, 0.6) is 0 Å². The minimum Gasteiger partial charge on any atom is -0.478 e. The van der Waals surface area contributed by atoms with Crippen molar-refractivity contribution in [3.8, 4) is 11.1 Å². The topological polar surface area (TPSA) is 82.5 Å². The highest BCUT2D eigenvalue weighted by Crippen LogP contribution is 2.47. The first-order valence-electron chi connectivity index (χ1n) is 13.5. The number of carboxylic acid groups (broad SMARTS) is 1. The average Bonchev–Trinajstić information content (AvgIpc) is 3.78. The molecule has 0 radical (unpaired) electrons. The van der Waals surface area contributed by atoms with Crippen LogP contribution in [0.15, 0.2) is 91.3 Å². The highest BCUT2D eigenvalue weighted by Gasteiger charge is 2.43. The number of hydrogen-bond acceptors (Lipinski definition) is 4. The van der Waals surface area contributed by atoms with Gasteiger partial charge in [-0.25, -0.2) is 4.79 Å². The Hall–Kier alpha value is -4.29. The van der Waals surface area contributed by atoms with Gasteiger partial charge in [-0.15, -0.1) is 0 Å². The zero-order valence-electron chi connectivity index (χ0n) is 21.7. The number of fused-ring (bicyclic) bond motifs is 1. The van der Waals surface area contributed by atoms with E-state index in [0.29, 0.717) is 12.5 Å². The van der Waals surface area contributed by atoms with Gasteiger partial charge in [0.25, 0.3) is 0 Å². The lowest BCUT2D eigenvalue weighted by molar-refractivity contribution is -0.122. The number of aromatic carboxylic acids is 1. The molecule has 2 N–H and O–H groups in total. The summed E-state index contributed by atoms with van der Waals surface area (Å²) in [6.45, 7) is 2.98. The minimum atomic E-state index is -0.928. The predicted molar refractivity (Wildman–Crippen MR) is 150 cm³/mol. The summed E-state index contributed by atoms with van der Waals surface area (Å²) in [7, 11) is 0. The summed E-state index contributed by atoms with van der Waals surface area (Å²) in [4.78, 5) is 31.2. The SMILES string of the molecule is O=C(O)c1cccc(-c2ccc(CNC(=O)[C@H]3C[C@@H]3c3ccccc3)c3c2CCN(Cc2ccncc2)C3)c1. The van der Waals surface area contributed by atoms with E-state index < -0.39 is 5.97 Å². The normalized spacial score (nSPS) is 18.3. The predicted octanol–water partition coefficient (Wildman–Crippen LogP) is 5.43. The van der Waals surface area contributed by atoms with Gasteiger partial charge in [-0.3, -0.25) is 14.7 Å². The number of nitrogens with one attached hydrogen (secondary N) is 1. The van der Waals surface area contributed by atoms with Crippen molar-refractivity contribution in [1.82, 2.24) is 15.2 Å². The summed E-state index contributed by atoms with van der Waals surface area (Å²) in [6.07, 6.45) is 5.39. The third kappa shape index (κ3) is 5.47. The molecular weight excluding hydrogens is 486 g/mol. The van der Waals surface area contributed by atoms with Gasteiger partial charge in [0.15, 0.2) is 0 Å². The van der Waals surface area contributed by atoms with Gasteiger partial charge in [-0.05, 0) is 82.0 Å². The molecule has 2 atom stereocenters. The molecule has 39 heavy (non-hydrogen) atoms. The maximum absolute atomic E-state index is 13.0. The fraction of sp³-hybridized carbons (Fsp3) is 0.242. The Bertz CT molecular complexity index is 1500. The van der Waals surface area contributed by atoms with Crippen molar-refractivity contribution >= 4 is 11.9 Å². The van der Waals surface area contributed by atoms with Crippen LogP contribution in [-0.2, 0) is 30.8 Å². The summed E-state index contributed by atoms with van der Waals surface area (Å²) >= 11 is 0. The van der Waals surface area contributed by atoms with Gasteiger partial charge in [0, 0.05) is 44.5 Å². The highest BCUT2D eigenvalue weighted by molar-refractivity contribution is 5.89. The second kappa shape index (κ2) is 10.8. The third-order valence-electron chi connectivity index (χ3n) is 7.97. The molecule has 0 spiro atoms. The molecule has 1 saturated carbocycles. The van der Waals surface area contributed by atoms with E-state index in [1.807, 2.05) is 48.8 Å². The first-order valence-corrected chi connectivity index (χ1v) is 13.5. The standard InChI is InChI=1S/C33H31N3O3/c37-32(30-18-29(30)23-5-2-1-3-6-23)35-19-26-9-10-27(24-7-4-8-25(17-24)33(38)39)28-13-16-36(21-31(26)28)20-22-11-14-34-15-12-22/h1-12,14-15,17,29-30H,13,16,18-21H2,(H,35,37)(H,38,39)/t29-,30+/m1/s1. The third-order valence-corrected chi connectivity index (χ3v) is 7.97. The molecule has 6 rings (SSSR count). The van der Waals surface area contributed by atoms with Crippen molar-refractivity contribution in [2.75, 3.05) is 6.54 Å². The van der Waals surface area contributed by atoms with Crippen LogP contribution in [0.3, 0.4) is 0 Å². The van der Waals surface area contributed by atoms with Crippen molar-refractivity contribution in [2.24, 2.45) is 5.92 Å². The molecule has 0 bridgehead atoms. The van der Waals surface area contributed by atoms with E-state index in [2.05, 4.69) is 39.5 Å². The van der Waals surface area contributed by atoms with Gasteiger partial charge in [0.1, 0.15) is 0 Å². The monoisotopic (exact) mass is 517 g/mol. The molecule has 1 aromatic heterocycles. The lowest BCUT2D eigenvalue weighted by atomic mass is 9.87. The Kier molecular flexibility index (Phi) is 6.95. The number of rotatable bonds is 8. The summed E-state index contributed by atoms with van der Waals surface area (Å²) in [5, 5.41) is 12.7. The van der Waals surface area contributed by atoms with Gasteiger partial charge < -0.3 is 10.4 Å². The van der Waals surface area contributed by atoms with Crippen LogP contribution in [0.2, 0.25) is 0 Å². The second-order valence-corrected chi connectivity index (χ2v) is 10.5. The zero-order chi connectivity index (χ0) is 26.8. The van der Waals surface area contributed by atoms with E-state index >= 15 is 0 Å². The molecule has 6 nitrogen and oxygen atoms in total. The molecule has 0 saturated heterocycles. The maximum Gasteiger partial charge on any atom is 0.335 e. The van der Waals surface area contributed by atoms with Crippen LogP contribution in [0.1, 0.15) is 50.5 Å². The molecule has 1 aliphatic heterocycles. The van der Waals surface area contributed by atoms with Crippen LogP contribution in [0, 0.1) is 5.92 Å². The molecule has 0 unspecified atom stereocenters. The van der Waals surface area contributed by atoms with Crippen molar-refractivity contribution in [3.63, 3.8) is 0 Å². The van der Waals surface area contributed by atoms with Crippen molar-refractivity contribution in [1.29, 1.82) is 0 Å². The molecule has 4 aromatic rings. The fourth-order valence-corrected chi connectivity index (χ4v) is 5.80. The molecule has 2 aliphatic rings. The second-order valence-electron chi connectivity index (χ2n) is 10.5. The van der Waals surface area contributed by atoms with Gasteiger partial charge in [0.2, 0.25) is 5.91 Å². The van der Waals surface area contributed by atoms with E-state index in [9.17, 15) is 14.7 Å². The molecule has 2 heterocycles. The number of carboxylic acids is 1. The molecule has 6 heteroatoms. The average molecular weight is 518 g/mol. The molecule has 3 aromatic carbocycles. The van der Waals surface area contributed by atoms with Gasteiger partial charge >= 0.3 is 5.97 Å². The van der Waals surface area contributed by atoms with Crippen LogP contribution in [-0.4, -0.2) is 33.4 Å². The lowest BCUT2D eigenvalue weighted by Crippen LogP contribution is -2.32. The number of aromatic nitrogens is 1. The lowest BCUT2D eigenvalue weighted by Gasteiger charge is -2.32. The Morgan fingerprint density at radius 3 is 2.56 bits per heavy atom. The van der Waals surface area contributed by atoms with Crippen LogP contribution < -0.4 is 5.32 Å². The zero-order valence-corrected chi connectivity index (χ0v) is 21.7. The number of amides is 1. The van der Waals surface area contributed by atoms with E-state index in [4.69, 9.17) is 0 Å². The summed E-state index contributed by atoms with van der Waals surface area (Å²) in [5.41, 5.74) is 8.29. The van der Waals surface area contributed by atoms with E-state index in [-0.39, 0.29) is 17.4 Å². The summed E-state index contributed by atoms with van der Waals surface area (Å²) < 4.78 is 0. The number of hydrogen-bond donors (Lipinski definition) is 2. The first kappa shape index (κ1) is 25.0. The van der Waals surface area contributed by atoms with Crippen molar-refractivity contribution < 1.29 is 14.7 Å². The molecule has 1 amide bonds. The van der Waals surface area contributed by atoms with E-state index in [1.165, 1.54) is 22.3 Å². The molecular formula is C33H31N3O3. The minimum absolute atomic E-state index is 0.0319. The molecule has 1 fully saturated rings. The van der Waals surface area contributed by atoms with Crippen LogP contribution in [0.4, 0.5) is 0 Å². The summed E-state index contributed by atoms with van der Waals surface area (Å²) in [5.74, 6) is -0.480. The van der Waals surface area contributed by atoms with Gasteiger partial charge in [0.05, 0.1) is 5.56 Å². The van der Waals surface area contributed by atoms with Crippen molar-refractivity contribution in [3.05, 3.63) is 125 Å². The largest absolute Gasteiger partial charge is 0.478 e. The molecule has 196 valence electrons. The Balaban J connectivity index is 1.25. The fourth-order valence-electron chi connectivity index (χ4n) is 5.80.